The summed E-state index contributed by atoms with van der Waals surface area (Å²) in [5, 5.41) is 15.2. The van der Waals surface area contributed by atoms with Crippen molar-refractivity contribution in [1.29, 1.82) is 0 Å². The minimum Gasteiger partial charge on any atom is -0.508 e. The van der Waals surface area contributed by atoms with Gasteiger partial charge >= 0.3 is 6.36 Å². The summed E-state index contributed by atoms with van der Waals surface area (Å²) in [7, 11) is 0. The van der Waals surface area contributed by atoms with Crippen molar-refractivity contribution in [3.05, 3.63) is 77.8 Å². The van der Waals surface area contributed by atoms with Gasteiger partial charge in [0.05, 0.1) is 10.9 Å². The molecule has 0 fully saturated rings. The molecule has 0 aliphatic carbocycles. The van der Waals surface area contributed by atoms with Gasteiger partial charge in [-0.2, -0.15) is 0 Å². The molecule has 3 N–H and O–H groups in total. The van der Waals surface area contributed by atoms with E-state index in [-0.39, 0.29) is 28.3 Å². The number of rotatable bonds is 6. The average Bonchev–Trinajstić information content (AvgIpc) is 2.69. The predicted molar refractivity (Wildman–Crippen MR) is 105 cm³/mol. The summed E-state index contributed by atoms with van der Waals surface area (Å²) in [5.74, 6) is -1.15. The Labute approximate surface area is 173 Å². The molecule has 0 bridgehead atoms. The fourth-order valence-corrected chi connectivity index (χ4v) is 3.45. The van der Waals surface area contributed by atoms with E-state index in [2.05, 4.69) is 15.4 Å². The molecule has 0 saturated heterocycles. The second-order valence-corrected chi connectivity index (χ2v) is 7.29. The third-order valence-corrected chi connectivity index (χ3v) is 5.05. The molecule has 0 radical (unpaired) electrons. The van der Waals surface area contributed by atoms with Gasteiger partial charge in [0.25, 0.3) is 5.91 Å². The van der Waals surface area contributed by atoms with E-state index in [4.69, 9.17) is 0 Å². The first-order chi connectivity index (χ1) is 14.2. The molecule has 10 heteroatoms. The van der Waals surface area contributed by atoms with E-state index in [0.717, 1.165) is 18.2 Å². The summed E-state index contributed by atoms with van der Waals surface area (Å²) in [6, 6.07) is 8.64. The van der Waals surface area contributed by atoms with Gasteiger partial charge in [0, 0.05) is 23.2 Å². The van der Waals surface area contributed by atoms with E-state index in [1.54, 1.807) is 12.2 Å². The van der Waals surface area contributed by atoms with Crippen LogP contribution in [0.25, 0.3) is 0 Å². The predicted octanol–water partition coefficient (Wildman–Crippen LogP) is 4.67. The molecule has 1 aliphatic rings. The first-order valence-electron chi connectivity index (χ1n) is 8.60. The lowest BCUT2D eigenvalue weighted by Crippen LogP contribution is -2.25. The second kappa shape index (κ2) is 9.12. The molecule has 0 saturated carbocycles. The number of thioether (sulfide) groups is 1. The van der Waals surface area contributed by atoms with E-state index < -0.39 is 17.9 Å². The van der Waals surface area contributed by atoms with Crippen molar-refractivity contribution in [3.63, 3.8) is 0 Å². The maximum atomic E-state index is 12.9. The number of phenolic OH excluding ortho intramolecular Hbond substituents is 1. The lowest BCUT2D eigenvalue weighted by molar-refractivity contribution is -0.274. The molecule has 0 aromatic heterocycles. The van der Waals surface area contributed by atoms with Crippen molar-refractivity contribution in [2.24, 2.45) is 0 Å². The molecule has 30 heavy (non-hydrogen) atoms. The highest BCUT2D eigenvalue weighted by molar-refractivity contribution is 7.99. The van der Waals surface area contributed by atoms with Gasteiger partial charge < -0.3 is 20.5 Å². The van der Waals surface area contributed by atoms with Crippen molar-refractivity contribution in [2.45, 2.75) is 17.5 Å². The number of nitrogens with one attached hydrogen (secondary N) is 2. The molecule has 2 aromatic carbocycles. The third-order valence-electron chi connectivity index (χ3n) is 3.92. The normalized spacial score (nSPS) is 15.9. The minimum absolute atomic E-state index is 0.147. The van der Waals surface area contributed by atoms with Crippen molar-refractivity contribution < 1.29 is 32.2 Å². The Bertz CT molecular complexity index is 975. The summed E-state index contributed by atoms with van der Waals surface area (Å²) < 4.78 is 53.8. The van der Waals surface area contributed by atoms with E-state index in [1.165, 1.54) is 42.2 Å². The topological polar surface area (TPSA) is 70.6 Å². The third kappa shape index (κ3) is 6.18. The number of anilines is 1. The maximum absolute atomic E-state index is 12.9. The molecule has 3 rings (SSSR count). The van der Waals surface area contributed by atoms with Crippen LogP contribution >= 0.6 is 11.8 Å². The van der Waals surface area contributed by atoms with Crippen LogP contribution in [-0.2, 0) is 10.5 Å². The molecule has 2 aromatic rings. The number of amides is 1. The smallest absolute Gasteiger partial charge is 0.508 e. The molecule has 1 atom stereocenters. The Morgan fingerprint density at radius 3 is 2.57 bits per heavy atom. The number of dihydropyridines is 1. The van der Waals surface area contributed by atoms with E-state index in [0.29, 0.717) is 11.3 Å². The van der Waals surface area contributed by atoms with Gasteiger partial charge in [-0.05, 0) is 48.5 Å². The highest BCUT2D eigenvalue weighted by atomic mass is 32.2. The number of phenols is 1. The van der Waals surface area contributed by atoms with Gasteiger partial charge in [-0.15, -0.1) is 24.9 Å². The van der Waals surface area contributed by atoms with Gasteiger partial charge in [-0.25, -0.2) is 4.39 Å². The standard InChI is InChI=1S/C20H16F4N2O3S/c21-14-2-4-15(5-3-14)26-19(28)12-1-8-18(25-10-12)30-11-13-9-16(6-7-17(13)27)29-20(22,23)24/h1-10,18,25,27H,11H2,(H,26,28). The Hall–Kier alpha value is -3.14. The monoisotopic (exact) mass is 440 g/mol. The van der Waals surface area contributed by atoms with Crippen LogP contribution in [-0.4, -0.2) is 22.7 Å². The molecule has 158 valence electrons. The number of benzene rings is 2. The number of hydrogen-bond acceptors (Lipinski definition) is 5. The quantitative estimate of drug-likeness (QED) is 0.570. The van der Waals surface area contributed by atoms with Crippen LogP contribution in [0.2, 0.25) is 0 Å². The second-order valence-electron chi connectivity index (χ2n) is 6.16. The lowest BCUT2D eigenvalue weighted by Gasteiger charge is -2.19. The molecule has 1 heterocycles. The van der Waals surface area contributed by atoms with E-state index in [9.17, 15) is 27.5 Å². The number of carbonyl (C=O) groups excluding carboxylic acids is 1. The molecule has 5 nitrogen and oxygen atoms in total. The SMILES string of the molecule is O=C(Nc1ccc(F)cc1)C1=CNC(SCc2cc(OC(F)(F)F)ccc2O)C=C1. The summed E-state index contributed by atoms with van der Waals surface area (Å²) in [6.07, 6.45) is -0.0162. The van der Waals surface area contributed by atoms with Gasteiger partial charge in [-0.3, -0.25) is 4.79 Å². The fourth-order valence-electron chi connectivity index (χ4n) is 2.50. The molecular weight excluding hydrogens is 424 g/mol. The van der Waals surface area contributed by atoms with Crippen LogP contribution < -0.4 is 15.4 Å². The molecule has 1 amide bonds. The fraction of sp³-hybridized carbons (Fsp3) is 0.150. The van der Waals surface area contributed by atoms with Crippen molar-refractivity contribution in [3.8, 4) is 11.5 Å². The first-order valence-corrected chi connectivity index (χ1v) is 9.65. The van der Waals surface area contributed by atoms with Gasteiger partial charge in [-0.1, -0.05) is 6.08 Å². The lowest BCUT2D eigenvalue weighted by atomic mass is 10.2. The van der Waals surface area contributed by atoms with Gasteiger partial charge in [0.2, 0.25) is 0 Å². The van der Waals surface area contributed by atoms with Crippen molar-refractivity contribution >= 4 is 23.4 Å². The zero-order chi connectivity index (χ0) is 21.7. The number of halogens is 4. The molecular formula is C20H16F4N2O3S. The van der Waals surface area contributed by atoms with Crippen molar-refractivity contribution in [1.82, 2.24) is 5.32 Å². The Morgan fingerprint density at radius 2 is 1.93 bits per heavy atom. The summed E-state index contributed by atoms with van der Waals surface area (Å²) in [4.78, 5) is 12.2. The number of hydrogen-bond donors (Lipinski definition) is 3. The van der Waals surface area contributed by atoms with Crippen LogP contribution in [0.15, 0.2) is 66.4 Å². The Kier molecular flexibility index (Phi) is 6.56. The van der Waals surface area contributed by atoms with E-state index in [1.807, 2.05) is 0 Å². The number of carbonyl (C=O) groups is 1. The molecule has 1 aliphatic heterocycles. The molecule has 1 unspecified atom stereocenters. The maximum Gasteiger partial charge on any atom is 0.573 e. The minimum atomic E-state index is -4.81. The Balaban J connectivity index is 1.54. The highest BCUT2D eigenvalue weighted by Gasteiger charge is 2.31. The van der Waals surface area contributed by atoms with Crippen LogP contribution in [0, 0.1) is 5.82 Å². The van der Waals surface area contributed by atoms with E-state index >= 15 is 0 Å². The zero-order valence-electron chi connectivity index (χ0n) is 15.2. The average molecular weight is 440 g/mol. The van der Waals surface area contributed by atoms with Crippen molar-refractivity contribution in [2.75, 3.05) is 5.32 Å². The largest absolute Gasteiger partial charge is 0.573 e. The number of alkyl halides is 3. The van der Waals surface area contributed by atoms with Crippen LogP contribution in [0.5, 0.6) is 11.5 Å². The summed E-state index contributed by atoms with van der Waals surface area (Å²) in [6.45, 7) is 0. The Morgan fingerprint density at radius 1 is 1.20 bits per heavy atom. The van der Waals surface area contributed by atoms with Crippen LogP contribution in [0.1, 0.15) is 5.56 Å². The summed E-state index contributed by atoms with van der Waals surface area (Å²) >= 11 is 1.30. The van der Waals surface area contributed by atoms with Crippen LogP contribution in [0.3, 0.4) is 0 Å². The molecule has 0 spiro atoms. The summed E-state index contributed by atoms with van der Waals surface area (Å²) in [5.41, 5.74) is 1.07. The van der Waals surface area contributed by atoms with Gasteiger partial charge in [0.1, 0.15) is 17.3 Å². The van der Waals surface area contributed by atoms with Crippen LogP contribution in [0.4, 0.5) is 23.2 Å². The van der Waals surface area contributed by atoms with Gasteiger partial charge in [0.15, 0.2) is 0 Å². The number of aromatic hydroxyl groups is 1. The number of ether oxygens (including phenoxy) is 1. The highest BCUT2D eigenvalue weighted by Crippen LogP contribution is 2.31. The first kappa shape index (κ1) is 21.6. The zero-order valence-corrected chi connectivity index (χ0v) is 16.1.